The largest absolute Gasteiger partial charge is 0.371 e. The maximum Gasteiger partial charge on any atom is 0.323 e. The molecule has 0 unspecified atom stereocenters. The number of urea groups is 1. The standard InChI is InChI=1S/C27H30N4O2/c1-20-9-8-12-22(17-20)29-27(33)30-23-13-14-25(31-15-6-3-7-16-31)24(18-23)26(32)28-19-21-10-4-2-5-11-21/h2,4-5,8-14,17-18H,3,6-7,15-16,19H2,1H3,(H,28,32)(H2,29,30,33). The van der Waals surface area contributed by atoms with Crippen LogP contribution in [0.1, 0.15) is 40.7 Å². The molecule has 3 N–H and O–H groups in total. The Morgan fingerprint density at radius 1 is 0.818 bits per heavy atom. The van der Waals surface area contributed by atoms with Gasteiger partial charge in [-0.2, -0.15) is 0 Å². The summed E-state index contributed by atoms with van der Waals surface area (Å²) in [5.74, 6) is -0.151. The van der Waals surface area contributed by atoms with Crippen molar-refractivity contribution in [3.8, 4) is 0 Å². The second kappa shape index (κ2) is 10.7. The van der Waals surface area contributed by atoms with Crippen molar-refractivity contribution >= 4 is 29.0 Å². The minimum Gasteiger partial charge on any atom is -0.371 e. The van der Waals surface area contributed by atoms with Gasteiger partial charge in [0.05, 0.1) is 5.56 Å². The van der Waals surface area contributed by atoms with Crippen LogP contribution in [-0.2, 0) is 6.54 Å². The highest BCUT2D eigenvalue weighted by Crippen LogP contribution is 2.27. The van der Waals surface area contributed by atoms with E-state index in [1.807, 2.05) is 73.7 Å². The second-order valence-electron chi connectivity index (χ2n) is 8.40. The van der Waals surface area contributed by atoms with Gasteiger partial charge in [0.1, 0.15) is 0 Å². The van der Waals surface area contributed by atoms with Gasteiger partial charge in [-0.05, 0) is 67.6 Å². The van der Waals surface area contributed by atoms with Crippen LogP contribution in [0.2, 0.25) is 0 Å². The van der Waals surface area contributed by atoms with Crippen LogP contribution in [0.5, 0.6) is 0 Å². The Bertz CT molecular complexity index is 1110. The molecule has 6 heteroatoms. The Kier molecular flexibility index (Phi) is 7.25. The van der Waals surface area contributed by atoms with Crippen LogP contribution in [0, 0.1) is 6.92 Å². The summed E-state index contributed by atoms with van der Waals surface area (Å²) in [6, 6.07) is 22.7. The van der Waals surface area contributed by atoms with Gasteiger partial charge in [-0.15, -0.1) is 0 Å². The van der Waals surface area contributed by atoms with Crippen molar-refractivity contribution in [1.82, 2.24) is 5.32 Å². The number of benzene rings is 3. The van der Waals surface area contributed by atoms with Crippen molar-refractivity contribution in [3.05, 3.63) is 89.5 Å². The zero-order chi connectivity index (χ0) is 23.0. The van der Waals surface area contributed by atoms with E-state index in [2.05, 4.69) is 20.9 Å². The van der Waals surface area contributed by atoms with Gasteiger partial charge in [0.2, 0.25) is 0 Å². The maximum absolute atomic E-state index is 13.2. The first-order chi connectivity index (χ1) is 16.1. The van der Waals surface area contributed by atoms with E-state index in [-0.39, 0.29) is 11.9 Å². The van der Waals surface area contributed by atoms with Crippen molar-refractivity contribution in [3.63, 3.8) is 0 Å². The number of hydrogen-bond acceptors (Lipinski definition) is 3. The molecule has 3 aromatic rings. The molecule has 33 heavy (non-hydrogen) atoms. The molecule has 1 heterocycles. The lowest BCUT2D eigenvalue weighted by Crippen LogP contribution is -2.33. The monoisotopic (exact) mass is 442 g/mol. The summed E-state index contributed by atoms with van der Waals surface area (Å²) in [4.78, 5) is 28.0. The molecular weight excluding hydrogens is 412 g/mol. The first-order valence-electron chi connectivity index (χ1n) is 11.4. The van der Waals surface area contributed by atoms with Crippen molar-refractivity contribution in [1.29, 1.82) is 0 Å². The topological polar surface area (TPSA) is 73.5 Å². The molecule has 3 aromatic carbocycles. The number of rotatable bonds is 6. The number of carbonyl (C=O) groups excluding carboxylic acids is 2. The van der Waals surface area contributed by atoms with E-state index < -0.39 is 0 Å². The van der Waals surface area contributed by atoms with Crippen molar-refractivity contribution in [2.75, 3.05) is 28.6 Å². The Balaban J connectivity index is 1.51. The van der Waals surface area contributed by atoms with Gasteiger partial charge in [0, 0.05) is 36.7 Å². The smallest absolute Gasteiger partial charge is 0.323 e. The first kappa shape index (κ1) is 22.4. The summed E-state index contributed by atoms with van der Waals surface area (Å²) >= 11 is 0. The van der Waals surface area contributed by atoms with Crippen LogP contribution in [0.3, 0.4) is 0 Å². The zero-order valence-electron chi connectivity index (χ0n) is 18.9. The Labute approximate surface area is 195 Å². The Morgan fingerprint density at radius 3 is 2.27 bits per heavy atom. The van der Waals surface area contributed by atoms with Gasteiger partial charge in [0.15, 0.2) is 0 Å². The second-order valence-corrected chi connectivity index (χ2v) is 8.40. The lowest BCUT2D eigenvalue weighted by atomic mass is 10.1. The molecule has 1 aliphatic rings. The zero-order valence-corrected chi connectivity index (χ0v) is 18.9. The number of piperidine rings is 1. The molecule has 0 aromatic heterocycles. The molecule has 0 saturated carbocycles. The quantitative estimate of drug-likeness (QED) is 0.468. The van der Waals surface area contributed by atoms with Gasteiger partial charge in [-0.3, -0.25) is 4.79 Å². The highest BCUT2D eigenvalue weighted by Gasteiger charge is 2.20. The third-order valence-corrected chi connectivity index (χ3v) is 5.77. The summed E-state index contributed by atoms with van der Waals surface area (Å²) < 4.78 is 0. The Morgan fingerprint density at radius 2 is 1.55 bits per heavy atom. The fourth-order valence-electron chi connectivity index (χ4n) is 4.10. The molecule has 1 fully saturated rings. The van der Waals surface area contributed by atoms with Crippen molar-refractivity contribution in [2.45, 2.75) is 32.7 Å². The number of nitrogens with one attached hydrogen (secondary N) is 3. The third kappa shape index (κ3) is 6.13. The number of hydrogen-bond donors (Lipinski definition) is 3. The summed E-state index contributed by atoms with van der Waals surface area (Å²) in [7, 11) is 0. The summed E-state index contributed by atoms with van der Waals surface area (Å²) in [5, 5.41) is 8.73. The number of anilines is 3. The molecule has 0 spiro atoms. The normalized spacial score (nSPS) is 13.3. The highest BCUT2D eigenvalue weighted by atomic mass is 16.2. The van der Waals surface area contributed by atoms with Crippen LogP contribution in [-0.4, -0.2) is 25.0 Å². The molecular formula is C27H30N4O2. The summed E-state index contributed by atoms with van der Waals surface area (Å²) in [5.41, 5.74) is 4.88. The Hall–Kier alpha value is -3.80. The lowest BCUT2D eigenvalue weighted by molar-refractivity contribution is 0.0951. The van der Waals surface area contributed by atoms with Crippen LogP contribution < -0.4 is 20.9 Å². The van der Waals surface area contributed by atoms with Crippen LogP contribution >= 0.6 is 0 Å². The number of amides is 3. The van der Waals surface area contributed by atoms with Gasteiger partial charge < -0.3 is 20.9 Å². The average Bonchev–Trinajstić information content (AvgIpc) is 2.83. The first-order valence-corrected chi connectivity index (χ1v) is 11.4. The van der Waals surface area contributed by atoms with Gasteiger partial charge in [0.25, 0.3) is 5.91 Å². The number of aryl methyl sites for hydroxylation is 1. The van der Waals surface area contributed by atoms with E-state index >= 15 is 0 Å². The van der Waals surface area contributed by atoms with Crippen LogP contribution in [0.4, 0.5) is 21.9 Å². The van der Waals surface area contributed by atoms with E-state index in [0.717, 1.165) is 48.4 Å². The van der Waals surface area contributed by atoms with Crippen LogP contribution in [0.25, 0.3) is 0 Å². The molecule has 0 aliphatic carbocycles. The molecule has 3 amide bonds. The fourth-order valence-corrected chi connectivity index (χ4v) is 4.10. The van der Waals surface area contributed by atoms with Gasteiger partial charge in [-0.1, -0.05) is 42.5 Å². The molecule has 0 radical (unpaired) electrons. The molecule has 1 saturated heterocycles. The molecule has 4 rings (SSSR count). The third-order valence-electron chi connectivity index (χ3n) is 5.77. The SMILES string of the molecule is Cc1cccc(NC(=O)Nc2ccc(N3CCCCC3)c(C(=O)NCc3ccccc3)c2)c1. The molecule has 0 atom stereocenters. The van der Waals surface area contributed by atoms with E-state index in [9.17, 15) is 9.59 Å². The summed E-state index contributed by atoms with van der Waals surface area (Å²) in [6.45, 7) is 4.28. The van der Waals surface area contributed by atoms with E-state index in [1.165, 1.54) is 6.42 Å². The molecule has 1 aliphatic heterocycles. The van der Waals surface area contributed by atoms with Crippen molar-refractivity contribution in [2.24, 2.45) is 0 Å². The predicted molar refractivity (Wildman–Crippen MR) is 134 cm³/mol. The number of carbonyl (C=O) groups is 2. The minimum atomic E-state index is -0.345. The molecule has 0 bridgehead atoms. The van der Waals surface area contributed by atoms with E-state index in [1.54, 1.807) is 6.07 Å². The van der Waals surface area contributed by atoms with E-state index in [4.69, 9.17) is 0 Å². The minimum absolute atomic E-state index is 0.151. The van der Waals surface area contributed by atoms with Gasteiger partial charge in [-0.25, -0.2) is 4.79 Å². The predicted octanol–water partition coefficient (Wildman–Crippen LogP) is 5.56. The maximum atomic E-state index is 13.2. The van der Waals surface area contributed by atoms with Crippen LogP contribution in [0.15, 0.2) is 72.8 Å². The fraction of sp³-hybridized carbons (Fsp3) is 0.259. The van der Waals surface area contributed by atoms with E-state index in [0.29, 0.717) is 17.8 Å². The van der Waals surface area contributed by atoms with Crippen molar-refractivity contribution < 1.29 is 9.59 Å². The average molecular weight is 443 g/mol. The number of nitrogens with zero attached hydrogens (tertiary/aromatic N) is 1. The molecule has 6 nitrogen and oxygen atoms in total. The highest BCUT2D eigenvalue weighted by molar-refractivity contribution is 6.04. The molecule has 170 valence electrons. The van der Waals surface area contributed by atoms with Gasteiger partial charge >= 0.3 is 6.03 Å². The lowest BCUT2D eigenvalue weighted by Gasteiger charge is -2.30. The summed E-state index contributed by atoms with van der Waals surface area (Å²) in [6.07, 6.45) is 3.44.